The van der Waals surface area contributed by atoms with Gasteiger partial charge in [-0.25, -0.2) is 4.79 Å². The lowest BCUT2D eigenvalue weighted by Crippen LogP contribution is -2.43. The fraction of sp³-hybridized carbons (Fsp3) is 0.400. The molecule has 0 saturated carbocycles. The minimum Gasteiger partial charge on any atom is -0.462 e. The lowest BCUT2D eigenvalue weighted by atomic mass is 9.99. The number of rotatable bonds is 4. The van der Waals surface area contributed by atoms with Gasteiger partial charge in [0, 0.05) is 23.6 Å². The van der Waals surface area contributed by atoms with Crippen molar-refractivity contribution in [3.8, 4) is 5.75 Å². The van der Waals surface area contributed by atoms with Gasteiger partial charge >= 0.3 is 5.97 Å². The zero-order valence-corrected chi connectivity index (χ0v) is 13.3. The molecular formula is C15H17BrO4. The van der Waals surface area contributed by atoms with Gasteiger partial charge in [-0.15, -0.1) is 0 Å². The van der Waals surface area contributed by atoms with E-state index in [4.69, 9.17) is 14.2 Å². The summed E-state index contributed by atoms with van der Waals surface area (Å²) in [5, 5.41) is 0. The predicted octanol–water partition coefficient (Wildman–Crippen LogP) is 3.54. The number of halogens is 1. The first-order chi connectivity index (χ1) is 9.50. The van der Waals surface area contributed by atoms with Crippen molar-refractivity contribution < 1.29 is 19.0 Å². The van der Waals surface area contributed by atoms with E-state index < -0.39 is 11.8 Å². The Hall–Kier alpha value is -1.33. The van der Waals surface area contributed by atoms with Crippen LogP contribution in [0.5, 0.6) is 5.75 Å². The summed E-state index contributed by atoms with van der Waals surface area (Å²) in [7, 11) is 0. The quantitative estimate of drug-likeness (QED) is 0.786. The van der Waals surface area contributed by atoms with Crippen LogP contribution in [-0.4, -0.2) is 25.0 Å². The normalized spacial score (nSPS) is 20.7. The van der Waals surface area contributed by atoms with E-state index in [2.05, 4.69) is 15.9 Å². The summed E-state index contributed by atoms with van der Waals surface area (Å²) in [6.07, 6.45) is 1.76. The number of esters is 1. The monoisotopic (exact) mass is 340 g/mol. The SMILES string of the molecule is CCOC(=O)C1=Cc2cc(Br)ccc2OC1(C)OCC. The van der Waals surface area contributed by atoms with Crippen LogP contribution in [0.1, 0.15) is 26.3 Å². The highest BCUT2D eigenvalue weighted by Gasteiger charge is 2.40. The smallest absolute Gasteiger partial charge is 0.340 e. The summed E-state index contributed by atoms with van der Waals surface area (Å²) in [6.45, 7) is 6.09. The average Bonchev–Trinajstić information content (AvgIpc) is 2.39. The number of hydrogen-bond acceptors (Lipinski definition) is 4. The Kier molecular flexibility index (Phi) is 4.50. The third-order valence-corrected chi connectivity index (χ3v) is 3.47. The van der Waals surface area contributed by atoms with Crippen molar-refractivity contribution >= 4 is 28.0 Å². The van der Waals surface area contributed by atoms with Gasteiger partial charge in [0.1, 0.15) is 11.3 Å². The van der Waals surface area contributed by atoms with E-state index in [-0.39, 0.29) is 0 Å². The fourth-order valence-corrected chi connectivity index (χ4v) is 2.49. The summed E-state index contributed by atoms with van der Waals surface area (Å²) < 4.78 is 17.5. The molecule has 0 saturated heterocycles. The number of hydrogen-bond donors (Lipinski definition) is 0. The molecule has 0 aromatic heterocycles. The topological polar surface area (TPSA) is 44.8 Å². The minimum absolute atomic E-state index is 0.309. The number of fused-ring (bicyclic) bond motifs is 1. The van der Waals surface area contributed by atoms with Gasteiger partial charge in [-0.3, -0.25) is 0 Å². The van der Waals surface area contributed by atoms with Crippen LogP contribution >= 0.6 is 15.9 Å². The lowest BCUT2D eigenvalue weighted by Gasteiger charge is -2.35. The van der Waals surface area contributed by atoms with Crippen molar-refractivity contribution in [2.45, 2.75) is 26.6 Å². The molecule has 108 valence electrons. The zero-order chi connectivity index (χ0) is 14.8. The molecular weight excluding hydrogens is 324 g/mol. The summed E-state index contributed by atoms with van der Waals surface area (Å²) in [6, 6.07) is 5.61. The lowest BCUT2D eigenvalue weighted by molar-refractivity contribution is -0.161. The second kappa shape index (κ2) is 5.97. The number of benzene rings is 1. The van der Waals surface area contributed by atoms with E-state index in [1.165, 1.54) is 0 Å². The third kappa shape index (κ3) is 2.88. The van der Waals surface area contributed by atoms with Crippen molar-refractivity contribution in [2.24, 2.45) is 0 Å². The molecule has 5 heteroatoms. The molecule has 0 amide bonds. The Bertz CT molecular complexity index is 553. The minimum atomic E-state index is -1.12. The van der Waals surface area contributed by atoms with E-state index in [1.54, 1.807) is 19.9 Å². The van der Waals surface area contributed by atoms with Crippen molar-refractivity contribution in [2.75, 3.05) is 13.2 Å². The maximum absolute atomic E-state index is 12.1. The highest BCUT2D eigenvalue weighted by atomic mass is 79.9. The van der Waals surface area contributed by atoms with Crippen molar-refractivity contribution in [1.82, 2.24) is 0 Å². The molecule has 0 aliphatic carbocycles. The van der Waals surface area contributed by atoms with Crippen LogP contribution in [0.4, 0.5) is 0 Å². The molecule has 0 bridgehead atoms. The molecule has 1 aliphatic rings. The second-order valence-electron chi connectivity index (χ2n) is 4.44. The molecule has 2 rings (SSSR count). The van der Waals surface area contributed by atoms with Crippen LogP contribution in [0.25, 0.3) is 6.08 Å². The summed E-state index contributed by atoms with van der Waals surface area (Å²) in [5.74, 6) is -0.867. The first kappa shape index (κ1) is 15.1. The molecule has 0 fully saturated rings. The van der Waals surface area contributed by atoms with Crippen molar-refractivity contribution in [1.29, 1.82) is 0 Å². The van der Waals surface area contributed by atoms with E-state index in [1.807, 2.05) is 25.1 Å². The molecule has 1 atom stereocenters. The summed E-state index contributed by atoms with van der Waals surface area (Å²) >= 11 is 3.41. The predicted molar refractivity (Wildman–Crippen MR) is 79.4 cm³/mol. The van der Waals surface area contributed by atoms with Gasteiger partial charge in [-0.2, -0.15) is 0 Å². The van der Waals surface area contributed by atoms with Gasteiger partial charge in [0.2, 0.25) is 5.79 Å². The first-order valence-corrected chi connectivity index (χ1v) is 7.31. The molecule has 1 unspecified atom stereocenters. The average molecular weight is 341 g/mol. The molecule has 1 aliphatic heterocycles. The Morgan fingerprint density at radius 1 is 1.35 bits per heavy atom. The van der Waals surface area contributed by atoms with Crippen LogP contribution < -0.4 is 4.74 Å². The van der Waals surface area contributed by atoms with Gasteiger partial charge in [0.25, 0.3) is 0 Å². The number of carbonyl (C=O) groups excluding carboxylic acids is 1. The maximum atomic E-state index is 12.1. The van der Waals surface area contributed by atoms with Crippen LogP contribution in [0.2, 0.25) is 0 Å². The van der Waals surface area contributed by atoms with Crippen LogP contribution in [0.15, 0.2) is 28.2 Å². The van der Waals surface area contributed by atoms with E-state index in [9.17, 15) is 4.79 Å². The summed E-state index contributed by atoms with van der Waals surface area (Å²) in [4.78, 5) is 12.1. The third-order valence-electron chi connectivity index (χ3n) is 2.98. The van der Waals surface area contributed by atoms with Gasteiger partial charge in [0.15, 0.2) is 0 Å². The molecule has 4 nitrogen and oxygen atoms in total. The van der Waals surface area contributed by atoms with E-state index in [0.29, 0.717) is 24.5 Å². The van der Waals surface area contributed by atoms with Crippen molar-refractivity contribution in [3.63, 3.8) is 0 Å². The van der Waals surface area contributed by atoms with Crippen LogP contribution in [-0.2, 0) is 14.3 Å². The standard InChI is InChI=1S/C15H17BrO4/c1-4-18-14(17)12-9-10-8-11(16)6-7-13(10)20-15(12,3)19-5-2/h6-9H,4-5H2,1-3H3. The second-order valence-corrected chi connectivity index (χ2v) is 5.36. The van der Waals surface area contributed by atoms with Crippen LogP contribution in [0, 0.1) is 0 Å². The van der Waals surface area contributed by atoms with E-state index in [0.717, 1.165) is 10.0 Å². The molecule has 0 N–H and O–H groups in total. The molecule has 0 radical (unpaired) electrons. The number of ether oxygens (including phenoxy) is 3. The highest BCUT2D eigenvalue weighted by molar-refractivity contribution is 9.10. The molecule has 1 heterocycles. The maximum Gasteiger partial charge on any atom is 0.340 e. The molecule has 0 spiro atoms. The Morgan fingerprint density at radius 3 is 2.75 bits per heavy atom. The zero-order valence-electron chi connectivity index (χ0n) is 11.7. The molecule has 1 aromatic rings. The van der Waals surface area contributed by atoms with Gasteiger partial charge in [-0.05, 0) is 38.1 Å². The van der Waals surface area contributed by atoms with Gasteiger partial charge in [-0.1, -0.05) is 15.9 Å². The molecule has 1 aromatic carbocycles. The fourth-order valence-electron chi connectivity index (χ4n) is 2.11. The Balaban J connectivity index is 2.48. The highest BCUT2D eigenvalue weighted by Crippen LogP contribution is 2.38. The van der Waals surface area contributed by atoms with E-state index >= 15 is 0 Å². The Morgan fingerprint density at radius 2 is 2.10 bits per heavy atom. The Labute approximate surface area is 126 Å². The van der Waals surface area contributed by atoms with Crippen LogP contribution in [0.3, 0.4) is 0 Å². The first-order valence-electron chi connectivity index (χ1n) is 6.52. The largest absolute Gasteiger partial charge is 0.462 e. The van der Waals surface area contributed by atoms with Gasteiger partial charge in [0.05, 0.1) is 6.61 Å². The van der Waals surface area contributed by atoms with Crippen molar-refractivity contribution in [3.05, 3.63) is 33.8 Å². The number of carbonyl (C=O) groups is 1. The summed E-state index contributed by atoms with van der Waals surface area (Å²) in [5.41, 5.74) is 1.19. The molecule has 20 heavy (non-hydrogen) atoms. The van der Waals surface area contributed by atoms with Gasteiger partial charge < -0.3 is 14.2 Å².